The third kappa shape index (κ3) is 3.64. The number of hydrogen-bond acceptors (Lipinski definition) is 5. The summed E-state index contributed by atoms with van der Waals surface area (Å²) in [6.45, 7) is 4.76. The van der Waals surface area contributed by atoms with E-state index in [0.717, 1.165) is 29.2 Å². The Kier molecular flexibility index (Phi) is 4.28. The van der Waals surface area contributed by atoms with Crippen LogP contribution in [0, 0.1) is 6.92 Å². The number of aryl methyl sites for hydroxylation is 2. The van der Waals surface area contributed by atoms with Crippen molar-refractivity contribution in [2.45, 2.75) is 26.8 Å². The zero-order valence-electron chi connectivity index (χ0n) is 11.6. The van der Waals surface area contributed by atoms with Crippen molar-refractivity contribution in [1.82, 2.24) is 15.0 Å². The van der Waals surface area contributed by atoms with Crippen LogP contribution in [-0.2, 0) is 13.0 Å². The second-order valence-electron chi connectivity index (χ2n) is 4.33. The molecule has 2 aromatic rings. The minimum atomic E-state index is 0.680. The SMILES string of the molecule is CCc1cc(C)nc(NCc2ccnc(NC)c2)n1. The van der Waals surface area contributed by atoms with Crippen molar-refractivity contribution < 1.29 is 0 Å². The summed E-state index contributed by atoms with van der Waals surface area (Å²) in [6, 6.07) is 5.99. The summed E-state index contributed by atoms with van der Waals surface area (Å²) in [7, 11) is 1.86. The Hall–Kier alpha value is -2.17. The van der Waals surface area contributed by atoms with E-state index in [-0.39, 0.29) is 0 Å². The van der Waals surface area contributed by atoms with Crippen LogP contribution in [-0.4, -0.2) is 22.0 Å². The number of rotatable bonds is 5. The van der Waals surface area contributed by atoms with Crippen molar-refractivity contribution in [3.8, 4) is 0 Å². The molecule has 0 aliphatic heterocycles. The Labute approximate surface area is 113 Å². The Morgan fingerprint density at radius 1 is 1.21 bits per heavy atom. The van der Waals surface area contributed by atoms with Crippen molar-refractivity contribution in [2.24, 2.45) is 0 Å². The van der Waals surface area contributed by atoms with Gasteiger partial charge in [-0.3, -0.25) is 0 Å². The number of pyridine rings is 1. The van der Waals surface area contributed by atoms with Gasteiger partial charge in [-0.25, -0.2) is 15.0 Å². The van der Waals surface area contributed by atoms with E-state index in [2.05, 4.69) is 32.5 Å². The first-order valence-corrected chi connectivity index (χ1v) is 6.42. The maximum Gasteiger partial charge on any atom is 0.223 e. The van der Waals surface area contributed by atoms with Crippen molar-refractivity contribution in [1.29, 1.82) is 0 Å². The lowest BCUT2D eigenvalue weighted by Crippen LogP contribution is -2.06. The average molecular weight is 257 g/mol. The molecule has 0 aliphatic carbocycles. The molecule has 2 N–H and O–H groups in total. The van der Waals surface area contributed by atoms with Gasteiger partial charge >= 0.3 is 0 Å². The van der Waals surface area contributed by atoms with Crippen LogP contribution in [0.2, 0.25) is 0 Å². The second-order valence-corrected chi connectivity index (χ2v) is 4.33. The predicted molar refractivity (Wildman–Crippen MR) is 77.3 cm³/mol. The minimum absolute atomic E-state index is 0.680. The van der Waals surface area contributed by atoms with Crippen molar-refractivity contribution >= 4 is 11.8 Å². The van der Waals surface area contributed by atoms with Gasteiger partial charge in [-0.1, -0.05) is 6.92 Å². The van der Waals surface area contributed by atoms with Gasteiger partial charge in [-0.2, -0.15) is 0 Å². The van der Waals surface area contributed by atoms with Gasteiger partial charge in [0, 0.05) is 31.2 Å². The third-order valence-electron chi connectivity index (χ3n) is 2.80. The first kappa shape index (κ1) is 13.3. The second kappa shape index (κ2) is 6.13. The highest BCUT2D eigenvalue weighted by Crippen LogP contribution is 2.09. The molecule has 2 rings (SSSR count). The van der Waals surface area contributed by atoms with Crippen LogP contribution in [0.3, 0.4) is 0 Å². The Bertz CT molecular complexity index is 553. The number of nitrogens with one attached hydrogen (secondary N) is 2. The van der Waals surface area contributed by atoms with Crippen LogP contribution in [0.5, 0.6) is 0 Å². The molecule has 0 fully saturated rings. The molecule has 0 unspecified atom stereocenters. The molecule has 5 heteroatoms. The van der Waals surface area contributed by atoms with E-state index in [9.17, 15) is 0 Å². The zero-order valence-corrected chi connectivity index (χ0v) is 11.6. The number of aromatic nitrogens is 3. The zero-order chi connectivity index (χ0) is 13.7. The van der Waals surface area contributed by atoms with E-state index in [4.69, 9.17) is 0 Å². The van der Waals surface area contributed by atoms with Gasteiger partial charge < -0.3 is 10.6 Å². The van der Waals surface area contributed by atoms with Crippen LogP contribution < -0.4 is 10.6 Å². The molecule has 19 heavy (non-hydrogen) atoms. The molecule has 0 bridgehead atoms. The van der Waals surface area contributed by atoms with E-state index in [1.807, 2.05) is 32.2 Å². The van der Waals surface area contributed by atoms with Gasteiger partial charge in [0.15, 0.2) is 0 Å². The monoisotopic (exact) mass is 257 g/mol. The molecule has 2 heterocycles. The summed E-state index contributed by atoms with van der Waals surface area (Å²) in [6.07, 6.45) is 2.70. The molecule has 0 saturated heterocycles. The topological polar surface area (TPSA) is 62.7 Å². The maximum absolute atomic E-state index is 4.46. The molecule has 0 aromatic carbocycles. The summed E-state index contributed by atoms with van der Waals surface area (Å²) in [5, 5.41) is 6.27. The molecule has 0 aliphatic rings. The number of nitrogens with zero attached hydrogens (tertiary/aromatic N) is 3. The Balaban J connectivity index is 2.07. The van der Waals surface area contributed by atoms with Gasteiger partial charge in [0.05, 0.1) is 0 Å². The van der Waals surface area contributed by atoms with Gasteiger partial charge in [0.2, 0.25) is 5.95 Å². The smallest absolute Gasteiger partial charge is 0.223 e. The van der Waals surface area contributed by atoms with Crippen molar-refractivity contribution in [3.05, 3.63) is 41.3 Å². The molecule has 2 aromatic heterocycles. The maximum atomic E-state index is 4.46. The molecular weight excluding hydrogens is 238 g/mol. The summed E-state index contributed by atoms with van der Waals surface area (Å²) in [5.74, 6) is 1.54. The molecule has 0 amide bonds. The fourth-order valence-electron chi connectivity index (χ4n) is 1.80. The fourth-order valence-corrected chi connectivity index (χ4v) is 1.80. The third-order valence-corrected chi connectivity index (χ3v) is 2.80. The Morgan fingerprint density at radius 2 is 2.05 bits per heavy atom. The predicted octanol–water partition coefficient (Wildman–Crippen LogP) is 2.40. The van der Waals surface area contributed by atoms with E-state index in [1.54, 1.807) is 6.20 Å². The highest BCUT2D eigenvalue weighted by atomic mass is 15.1. The van der Waals surface area contributed by atoms with Gasteiger partial charge in [0.25, 0.3) is 0 Å². The first-order valence-electron chi connectivity index (χ1n) is 6.42. The lowest BCUT2D eigenvalue weighted by molar-refractivity contribution is 0.955. The lowest BCUT2D eigenvalue weighted by Gasteiger charge is -2.08. The highest BCUT2D eigenvalue weighted by molar-refractivity contribution is 5.38. The standard InChI is InChI=1S/C14H19N5/c1-4-12-7-10(2)18-14(19-12)17-9-11-5-6-16-13(8-11)15-3/h5-8H,4,9H2,1-3H3,(H,15,16)(H,17,18,19). The Morgan fingerprint density at radius 3 is 2.79 bits per heavy atom. The van der Waals surface area contributed by atoms with E-state index < -0.39 is 0 Å². The highest BCUT2D eigenvalue weighted by Gasteiger charge is 2.01. The summed E-state index contributed by atoms with van der Waals surface area (Å²) in [4.78, 5) is 13.0. The van der Waals surface area contributed by atoms with E-state index in [0.29, 0.717) is 12.5 Å². The first-order chi connectivity index (χ1) is 9.21. The number of anilines is 2. The molecule has 0 atom stereocenters. The molecular formula is C14H19N5. The van der Waals surface area contributed by atoms with E-state index >= 15 is 0 Å². The summed E-state index contributed by atoms with van der Waals surface area (Å²) in [5.41, 5.74) is 3.18. The van der Waals surface area contributed by atoms with Crippen LogP contribution in [0.25, 0.3) is 0 Å². The fraction of sp³-hybridized carbons (Fsp3) is 0.357. The van der Waals surface area contributed by atoms with E-state index in [1.165, 1.54) is 0 Å². The molecule has 0 saturated carbocycles. The van der Waals surface area contributed by atoms with Gasteiger partial charge in [0.1, 0.15) is 5.82 Å². The minimum Gasteiger partial charge on any atom is -0.373 e. The largest absolute Gasteiger partial charge is 0.373 e. The van der Waals surface area contributed by atoms with Crippen molar-refractivity contribution in [3.63, 3.8) is 0 Å². The van der Waals surface area contributed by atoms with Gasteiger partial charge in [-0.15, -0.1) is 0 Å². The quantitative estimate of drug-likeness (QED) is 0.861. The average Bonchev–Trinajstić information content (AvgIpc) is 2.44. The summed E-state index contributed by atoms with van der Waals surface area (Å²) < 4.78 is 0. The van der Waals surface area contributed by atoms with Crippen LogP contribution >= 0.6 is 0 Å². The van der Waals surface area contributed by atoms with Crippen LogP contribution in [0.4, 0.5) is 11.8 Å². The van der Waals surface area contributed by atoms with Gasteiger partial charge in [-0.05, 0) is 37.1 Å². The normalized spacial score (nSPS) is 10.3. The van der Waals surface area contributed by atoms with Crippen LogP contribution in [0.1, 0.15) is 23.9 Å². The number of hydrogen-bond donors (Lipinski definition) is 2. The van der Waals surface area contributed by atoms with Crippen molar-refractivity contribution in [2.75, 3.05) is 17.7 Å². The molecule has 5 nitrogen and oxygen atoms in total. The summed E-state index contributed by atoms with van der Waals surface area (Å²) >= 11 is 0. The van der Waals surface area contributed by atoms with Crippen LogP contribution in [0.15, 0.2) is 24.4 Å². The molecule has 0 spiro atoms. The molecule has 0 radical (unpaired) electrons. The lowest BCUT2D eigenvalue weighted by atomic mass is 10.2. The molecule has 100 valence electrons.